The molecule has 0 aliphatic carbocycles. The molecule has 134 valence electrons. The van der Waals surface area contributed by atoms with Crippen LogP contribution in [-0.2, 0) is 4.79 Å². The van der Waals surface area contributed by atoms with Crippen LogP contribution in [0.15, 0.2) is 53.9 Å². The van der Waals surface area contributed by atoms with E-state index >= 15 is 0 Å². The van der Waals surface area contributed by atoms with E-state index in [9.17, 15) is 13.6 Å². The Balaban J connectivity index is 1.69. The highest BCUT2D eigenvalue weighted by molar-refractivity contribution is 7.99. The van der Waals surface area contributed by atoms with Crippen LogP contribution in [0.4, 0.5) is 14.5 Å². The van der Waals surface area contributed by atoms with Gasteiger partial charge in [0.25, 0.3) is 0 Å². The van der Waals surface area contributed by atoms with Gasteiger partial charge in [-0.1, -0.05) is 17.8 Å². The minimum atomic E-state index is -0.805. The maximum atomic E-state index is 13.6. The number of carbonyl (C=O) groups is 1. The Hall–Kier alpha value is -2.67. The number of nitrogens with one attached hydrogen (secondary N) is 1. The van der Waals surface area contributed by atoms with E-state index in [2.05, 4.69) is 16.4 Å². The van der Waals surface area contributed by atoms with Gasteiger partial charge in [0.2, 0.25) is 5.91 Å². The van der Waals surface area contributed by atoms with Crippen molar-refractivity contribution in [2.45, 2.75) is 19.0 Å². The molecule has 4 nitrogen and oxygen atoms in total. The molecule has 1 aromatic heterocycles. The summed E-state index contributed by atoms with van der Waals surface area (Å²) in [6, 6.07) is 9.18. The topological polar surface area (TPSA) is 46.9 Å². The third-order valence-corrected chi connectivity index (χ3v) is 4.60. The number of carbonyl (C=O) groups excluding carboxylic acids is 1. The SMILES string of the molecule is Cc1cc(C)cc(-n2ccnc2SCC(=O)Nc2ccc(F)cc2F)c1. The van der Waals surface area contributed by atoms with Crippen molar-refractivity contribution in [1.82, 2.24) is 9.55 Å². The second-order valence-electron chi connectivity index (χ2n) is 5.89. The predicted octanol–water partition coefficient (Wildman–Crippen LogP) is 4.50. The molecule has 0 aliphatic heterocycles. The van der Waals surface area contributed by atoms with E-state index in [-0.39, 0.29) is 11.4 Å². The number of aryl methyl sites for hydroxylation is 2. The van der Waals surface area contributed by atoms with Crippen LogP contribution < -0.4 is 5.32 Å². The third kappa shape index (κ3) is 4.29. The summed E-state index contributed by atoms with van der Waals surface area (Å²) in [6.07, 6.45) is 3.49. The Morgan fingerprint density at radius 2 is 1.88 bits per heavy atom. The van der Waals surface area contributed by atoms with Gasteiger partial charge in [-0.2, -0.15) is 0 Å². The summed E-state index contributed by atoms with van der Waals surface area (Å²) in [5.74, 6) is -1.83. The van der Waals surface area contributed by atoms with E-state index in [4.69, 9.17) is 0 Å². The van der Waals surface area contributed by atoms with Gasteiger partial charge < -0.3 is 5.32 Å². The number of hydrogen-bond acceptors (Lipinski definition) is 3. The highest BCUT2D eigenvalue weighted by Gasteiger charge is 2.12. The lowest BCUT2D eigenvalue weighted by Crippen LogP contribution is -2.15. The molecule has 3 rings (SSSR count). The molecular formula is C19H17F2N3OS. The number of hydrogen-bond donors (Lipinski definition) is 1. The molecule has 0 spiro atoms. The summed E-state index contributed by atoms with van der Waals surface area (Å²) in [7, 11) is 0. The van der Waals surface area contributed by atoms with Gasteiger partial charge in [0.1, 0.15) is 11.6 Å². The number of aromatic nitrogens is 2. The van der Waals surface area contributed by atoms with Crippen LogP contribution in [0, 0.1) is 25.5 Å². The summed E-state index contributed by atoms with van der Waals surface area (Å²) in [5, 5.41) is 3.10. The van der Waals surface area contributed by atoms with Crippen LogP contribution in [0.1, 0.15) is 11.1 Å². The summed E-state index contributed by atoms with van der Waals surface area (Å²) in [5.41, 5.74) is 3.19. The number of thioether (sulfide) groups is 1. The minimum absolute atomic E-state index is 0.0466. The summed E-state index contributed by atoms with van der Waals surface area (Å²) >= 11 is 1.24. The Morgan fingerprint density at radius 3 is 2.58 bits per heavy atom. The first-order valence-corrected chi connectivity index (χ1v) is 8.90. The monoisotopic (exact) mass is 373 g/mol. The van der Waals surface area contributed by atoms with E-state index in [0.29, 0.717) is 5.16 Å². The quantitative estimate of drug-likeness (QED) is 0.670. The number of halogens is 2. The van der Waals surface area contributed by atoms with Crippen molar-refractivity contribution in [3.8, 4) is 5.69 Å². The number of amides is 1. The Kier molecular flexibility index (Phi) is 5.37. The van der Waals surface area contributed by atoms with Crippen molar-refractivity contribution in [1.29, 1.82) is 0 Å². The standard InChI is InChI=1S/C19H17F2N3OS/c1-12-7-13(2)9-15(8-12)24-6-5-22-19(24)26-11-18(25)23-17-4-3-14(20)10-16(17)21/h3-10H,11H2,1-2H3,(H,23,25). The molecule has 0 aliphatic rings. The van der Waals surface area contributed by atoms with Crippen molar-refractivity contribution >= 4 is 23.4 Å². The van der Waals surface area contributed by atoms with Crippen LogP contribution >= 0.6 is 11.8 Å². The zero-order valence-corrected chi connectivity index (χ0v) is 15.1. The minimum Gasteiger partial charge on any atom is -0.323 e. The Morgan fingerprint density at radius 1 is 1.15 bits per heavy atom. The molecule has 7 heteroatoms. The lowest BCUT2D eigenvalue weighted by molar-refractivity contribution is -0.113. The van der Waals surface area contributed by atoms with Crippen molar-refractivity contribution in [3.63, 3.8) is 0 Å². The first-order valence-electron chi connectivity index (χ1n) is 7.92. The van der Waals surface area contributed by atoms with E-state index < -0.39 is 17.5 Å². The maximum absolute atomic E-state index is 13.6. The van der Waals surface area contributed by atoms with Crippen LogP contribution in [0.3, 0.4) is 0 Å². The highest BCUT2D eigenvalue weighted by Crippen LogP contribution is 2.23. The van der Waals surface area contributed by atoms with Crippen LogP contribution in [0.25, 0.3) is 5.69 Å². The van der Waals surface area contributed by atoms with Gasteiger partial charge in [0, 0.05) is 24.1 Å². The van der Waals surface area contributed by atoms with Gasteiger partial charge in [0.15, 0.2) is 5.16 Å². The molecule has 0 saturated heterocycles. The Labute approximate surface area is 154 Å². The summed E-state index contributed by atoms with van der Waals surface area (Å²) < 4.78 is 28.4. The van der Waals surface area contributed by atoms with Crippen molar-refractivity contribution in [2.75, 3.05) is 11.1 Å². The molecule has 3 aromatic rings. The van der Waals surface area contributed by atoms with Crippen molar-refractivity contribution in [2.24, 2.45) is 0 Å². The average Bonchev–Trinajstić information content (AvgIpc) is 3.03. The van der Waals surface area contributed by atoms with Crippen molar-refractivity contribution in [3.05, 3.63) is 71.6 Å². The highest BCUT2D eigenvalue weighted by atomic mass is 32.2. The van der Waals surface area contributed by atoms with Crippen LogP contribution in [0.2, 0.25) is 0 Å². The van der Waals surface area contributed by atoms with E-state index in [1.807, 2.05) is 36.7 Å². The first-order chi connectivity index (χ1) is 12.4. The maximum Gasteiger partial charge on any atom is 0.234 e. The van der Waals surface area contributed by atoms with Gasteiger partial charge in [0.05, 0.1) is 11.4 Å². The van der Waals surface area contributed by atoms with Crippen molar-refractivity contribution < 1.29 is 13.6 Å². The van der Waals surface area contributed by atoms with Gasteiger partial charge in [-0.25, -0.2) is 13.8 Å². The normalized spacial score (nSPS) is 10.8. The number of imidazole rings is 1. The molecule has 1 N–H and O–H groups in total. The van der Waals surface area contributed by atoms with Gasteiger partial charge in [-0.3, -0.25) is 9.36 Å². The predicted molar refractivity (Wildman–Crippen MR) is 98.7 cm³/mol. The second-order valence-corrected chi connectivity index (χ2v) is 6.83. The zero-order valence-electron chi connectivity index (χ0n) is 14.3. The van der Waals surface area contributed by atoms with E-state index in [1.54, 1.807) is 6.20 Å². The lowest BCUT2D eigenvalue weighted by Gasteiger charge is -2.10. The molecule has 0 unspecified atom stereocenters. The smallest absolute Gasteiger partial charge is 0.234 e. The first kappa shape index (κ1) is 18.1. The summed E-state index contributed by atoms with van der Waals surface area (Å²) in [6.45, 7) is 4.04. The Bertz CT molecular complexity index is 935. The number of benzene rings is 2. The second kappa shape index (κ2) is 7.70. The molecule has 26 heavy (non-hydrogen) atoms. The largest absolute Gasteiger partial charge is 0.323 e. The molecule has 0 atom stereocenters. The van der Waals surface area contributed by atoms with Crippen LogP contribution in [0.5, 0.6) is 0 Å². The van der Waals surface area contributed by atoms with Gasteiger partial charge in [-0.05, 0) is 49.2 Å². The number of rotatable bonds is 5. The molecule has 0 fully saturated rings. The fraction of sp³-hybridized carbons (Fsp3) is 0.158. The van der Waals surface area contributed by atoms with Gasteiger partial charge >= 0.3 is 0 Å². The molecule has 0 saturated carbocycles. The van der Waals surface area contributed by atoms with E-state index in [1.165, 1.54) is 17.8 Å². The molecule has 2 aromatic carbocycles. The summed E-state index contributed by atoms with van der Waals surface area (Å²) in [4.78, 5) is 16.4. The molecule has 1 amide bonds. The molecule has 0 radical (unpaired) electrons. The fourth-order valence-corrected chi connectivity index (χ4v) is 3.36. The lowest BCUT2D eigenvalue weighted by atomic mass is 10.1. The molecular weight excluding hydrogens is 356 g/mol. The zero-order chi connectivity index (χ0) is 18.7. The number of nitrogens with zero attached hydrogens (tertiary/aromatic N) is 2. The molecule has 0 bridgehead atoms. The van der Waals surface area contributed by atoms with Crippen LogP contribution in [-0.4, -0.2) is 21.2 Å². The van der Waals surface area contributed by atoms with Gasteiger partial charge in [-0.15, -0.1) is 0 Å². The molecule has 1 heterocycles. The third-order valence-electron chi connectivity index (χ3n) is 3.63. The average molecular weight is 373 g/mol. The number of anilines is 1. The fourth-order valence-electron chi connectivity index (χ4n) is 2.59. The van der Waals surface area contributed by atoms with E-state index in [0.717, 1.165) is 28.9 Å².